The zero-order chi connectivity index (χ0) is 26.2. The fraction of sp³-hybridized carbons (Fsp3) is 0.308. The summed E-state index contributed by atoms with van der Waals surface area (Å²) in [4.78, 5) is 30.3. The normalized spacial score (nSPS) is 22.6. The highest BCUT2D eigenvalue weighted by molar-refractivity contribution is 5.83. The minimum atomic E-state index is -0.548. The van der Waals surface area contributed by atoms with E-state index in [-0.39, 0.29) is 21.2 Å². The monoisotopic (exact) mass is 488 g/mol. The van der Waals surface area contributed by atoms with Gasteiger partial charge >= 0.3 is 0 Å². The molecule has 10 nitrogen and oxygen atoms in total. The smallest absolute Gasteiger partial charge is 0.271 e. The van der Waals surface area contributed by atoms with Gasteiger partial charge in [0.25, 0.3) is 11.4 Å². The van der Waals surface area contributed by atoms with Crippen LogP contribution in [0.25, 0.3) is 0 Å². The van der Waals surface area contributed by atoms with Gasteiger partial charge < -0.3 is 19.6 Å². The molecule has 0 fully saturated rings. The predicted octanol–water partition coefficient (Wildman–Crippen LogP) is 5.02. The Bertz CT molecular complexity index is 1300. The van der Waals surface area contributed by atoms with Gasteiger partial charge in [-0.05, 0) is 37.1 Å². The summed E-state index contributed by atoms with van der Waals surface area (Å²) in [5, 5.41) is 22.7. The third-order valence-corrected chi connectivity index (χ3v) is 8.38. The molecule has 3 aromatic rings. The minimum absolute atomic E-state index is 0.0635. The fourth-order valence-electron chi connectivity index (χ4n) is 5.62. The molecule has 186 valence electrons. The van der Waals surface area contributed by atoms with Gasteiger partial charge in [0.15, 0.2) is 0 Å². The highest BCUT2D eigenvalue weighted by Gasteiger charge is 2.46. The molecule has 0 N–H and O–H groups in total. The van der Waals surface area contributed by atoms with Gasteiger partial charge in [0.05, 0.1) is 32.6 Å². The number of nitro groups is 2. The van der Waals surface area contributed by atoms with Crippen LogP contribution >= 0.6 is 0 Å². The lowest BCUT2D eigenvalue weighted by Gasteiger charge is -2.42. The maximum absolute atomic E-state index is 11.3. The van der Waals surface area contributed by atoms with Gasteiger partial charge in [-0.1, -0.05) is 24.3 Å². The van der Waals surface area contributed by atoms with Crippen molar-refractivity contribution in [2.45, 2.75) is 25.2 Å². The van der Waals surface area contributed by atoms with Crippen molar-refractivity contribution in [3.8, 4) is 0 Å². The van der Waals surface area contributed by atoms with E-state index in [1.165, 1.54) is 12.1 Å². The third-order valence-electron chi connectivity index (χ3n) is 8.38. The van der Waals surface area contributed by atoms with Crippen LogP contribution in [-0.4, -0.2) is 38.0 Å². The first-order chi connectivity index (χ1) is 16.9. The third kappa shape index (κ3) is 2.90. The number of non-ortho nitro benzene ring substituents is 2. The molecule has 0 aromatic heterocycles. The van der Waals surface area contributed by atoms with E-state index >= 15 is 0 Å². The van der Waals surface area contributed by atoms with Crippen LogP contribution in [0.5, 0.6) is 0 Å². The van der Waals surface area contributed by atoms with E-state index in [1.807, 2.05) is 28.2 Å². The molecule has 10 heteroatoms. The van der Waals surface area contributed by atoms with Gasteiger partial charge in [-0.25, -0.2) is 0 Å². The average Bonchev–Trinajstić information content (AvgIpc) is 3.20. The second-order valence-corrected chi connectivity index (χ2v) is 9.72. The SMILES string of the molecule is CN1c2ccc([N+](=O)[O-])cc2N(C)[C@@]1(C)c1ccc([C@@]2(C)N(C)c3ccc([N+](=O)[O-])cc3N2C)cc1. The van der Waals surface area contributed by atoms with Gasteiger partial charge in [0, 0.05) is 52.5 Å². The summed E-state index contributed by atoms with van der Waals surface area (Å²) in [6.45, 7) is 4.19. The minimum Gasteiger partial charge on any atom is -0.347 e. The second-order valence-electron chi connectivity index (χ2n) is 9.72. The van der Waals surface area contributed by atoms with E-state index < -0.39 is 11.3 Å². The van der Waals surface area contributed by atoms with Gasteiger partial charge in [0.2, 0.25) is 0 Å². The van der Waals surface area contributed by atoms with Gasteiger partial charge in [-0.3, -0.25) is 20.2 Å². The summed E-state index contributed by atoms with van der Waals surface area (Å²) in [7, 11) is 7.88. The lowest BCUT2D eigenvalue weighted by molar-refractivity contribution is -0.385. The number of benzene rings is 3. The van der Waals surface area contributed by atoms with Crippen LogP contribution in [0.1, 0.15) is 25.0 Å². The van der Waals surface area contributed by atoms with Crippen LogP contribution < -0.4 is 19.6 Å². The van der Waals surface area contributed by atoms with Crippen LogP contribution in [0, 0.1) is 20.2 Å². The Morgan fingerprint density at radius 3 is 1.17 bits per heavy atom. The molecular formula is C26H28N6O4. The number of nitro benzene ring substituents is 2. The van der Waals surface area contributed by atoms with Crippen molar-refractivity contribution >= 4 is 34.1 Å². The Hall–Kier alpha value is -4.34. The molecule has 3 aromatic carbocycles. The number of nitrogens with zero attached hydrogens (tertiary/aromatic N) is 6. The Morgan fingerprint density at radius 2 is 0.861 bits per heavy atom. The molecule has 0 spiro atoms. The summed E-state index contributed by atoms with van der Waals surface area (Å²) >= 11 is 0. The standard InChI is InChI=1S/C26H28N6O4/c1-25(27(3)21-13-11-19(31(33)34)15-23(21)29(25)5)17-7-9-18(10-8-17)26(2)28(4)22-14-12-20(32(35)36)16-24(22)30(26)6/h7-16H,1-6H3/t25-,26-/m0/s1. The van der Waals surface area contributed by atoms with Crippen molar-refractivity contribution in [2.75, 3.05) is 47.8 Å². The predicted molar refractivity (Wildman–Crippen MR) is 141 cm³/mol. The molecule has 5 rings (SSSR count). The van der Waals surface area contributed by atoms with Gasteiger partial charge in [-0.2, -0.15) is 0 Å². The quantitative estimate of drug-likeness (QED) is 0.373. The second kappa shape index (κ2) is 7.58. The van der Waals surface area contributed by atoms with Crippen LogP contribution in [0.2, 0.25) is 0 Å². The molecule has 2 atom stereocenters. The molecule has 0 radical (unpaired) electrons. The van der Waals surface area contributed by atoms with Crippen molar-refractivity contribution < 1.29 is 9.85 Å². The van der Waals surface area contributed by atoms with Crippen LogP contribution in [0.4, 0.5) is 34.1 Å². The molecule has 0 saturated heterocycles. The Morgan fingerprint density at radius 1 is 0.556 bits per heavy atom. The van der Waals surface area contributed by atoms with E-state index in [0.717, 1.165) is 33.9 Å². The van der Waals surface area contributed by atoms with E-state index in [2.05, 4.69) is 57.7 Å². The first-order valence-electron chi connectivity index (χ1n) is 11.6. The number of fused-ring (bicyclic) bond motifs is 2. The van der Waals surface area contributed by atoms with Crippen LogP contribution in [-0.2, 0) is 11.3 Å². The topological polar surface area (TPSA) is 99.2 Å². The van der Waals surface area contributed by atoms with Gasteiger partial charge in [-0.15, -0.1) is 0 Å². The average molecular weight is 489 g/mol. The molecule has 0 amide bonds. The molecular weight excluding hydrogens is 460 g/mol. The summed E-state index contributed by atoms with van der Waals surface area (Å²) in [6, 6.07) is 18.2. The number of hydrogen-bond donors (Lipinski definition) is 0. The van der Waals surface area contributed by atoms with Crippen molar-refractivity contribution in [2.24, 2.45) is 0 Å². The molecule has 2 aliphatic rings. The van der Waals surface area contributed by atoms with Crippen molar-refractivity contribution in [1.29, 1.82) is 0 Å². The number of rotatable bonds is 4. The lowest BCUT2D eigenvalue weighted by Crippen LogP contribution is -2.50. The molecule has 0 unspecified atom stereocenters. The summed E-state index contributed by atoms with van der Waals surface area (Å²) in [5.74, 6) is 0. The van der Waals surface area contributed by atoms with Crippen molar-refractivity contribution in [3.05, 3.63) is 92.0 Å². The van der Waals surface area contributed by atoms with Crippen molar-refractivity contribution in [3.63, 3.8) is 0 Å². The molecule has 2 heterocycles. The summed E-state index contributed by atoms with van der Waals surface area (Å²) < 4.78 is 0. The largest absolute Gasteiger partial charge is 0.347 e. The summed E-state index contributed by atoms with van der Waals surface area (Å²) in [6.07, 6.45) is 0. The lowest BCUT2D eigenvalue weighted by atomic mass is 9.93. The molecule has 0 saturated carbocycles. The zero-order valence-corrected chi connectivity index (χ0v) is 21.1. The molecule has 0 bridgehead atoms. The fourth-order valence-corrected chi connectivity index (χ4v) is 5.62. The highest BCUT2D eigenvalue weighted by Crippen LogP contribution is 2.51. The number of anilines is 4. The van der Waals surface area contributed by atoms with E-state index in [9.17, 15) is 20.2 Å². The Kier molecular flexibility index (Phi) is 4.93. The number of hydrogen-bond acceptors (Lipinski definition) is 8. The van der Waals surface area contributed by atoms with Crippen molar-refractivity contribution in [1.82, 2.24) is 0 Å². The maximum atomic E-state index is 11.3. The highest BCUT2D eigenvalue weighted by atomic mass is 16.6. The molecule has 2 aliphatic heterocycles. The summed E-state index contributed by atoms with van der Waals surface area (Å²) in [5.41, 5.74) is 4.56. The first kappa shape index (κ1) is 23.4. The van der Waals surface area contributed by atoms with Crippen LogP contribution in [0.3, 0.4) is 0 Å². The Balaban J connectivity index is 1.51. The van der Waals surface area contributed by atoms with E-state index in [1.54, 1.807) is 24.3 Å². The van der Waals surface area contributed by atoms with E-state index in [0.29, 0.717) is 0 Å². The van der Waals surface area contributed by atoms with Gasteiger partial charge in [0.1, 0.15) is 11.3 Å². The molecule has 0 aliphatic carbocycles. The molecule has 36 heavy (non-hydrogen) atoms. The Labute approximate surface area is 209 Å². The first-order valence-corrected chi connectivity index (χ1v) is 11.6. The maximum Gasteiger partial charge on any atom is 0.271 e. The van der Waals surface area contributed by atoms with E-state index in [4.69, 9.17) is 0 Å². The van der Waals surface area contributed by atoms with Crippen LogP contribution in [0.15, 0.2) is 60.7 Å². The zero-order valence-electron chi connectivity index (χ0n) is 21.1.